The molecule has 0 spiro atoms. The molecule has 2 heterocycles. The van der Waals surface area contributed by atoms with E-state index in [1.54, 1.807) is 0 Å². The molecule has 0 radical (unpaired) electrons. The third-order valence-corrected chi connectivity index (χ3v) is 3.11. The van der Waals surface area contributed by atoms with Gasteiger partial charge in [-0.15, -0.1) is 0 Å². The minimum Gasteiger partial charge on any atom is -0.295 e. The Morgan fingerprint density at radius 3 is 2.93 bits per heavy atom. The summed E-state index contributed by atoms with van der Waals surface area (Å²) in [5.74, 6) is 0. The Hall–Kier alpha value is -0.890. The largest absolute Gasteiger partial charge is 0.295 e. The molecule has 0 fully saturated rings. The molecule has 1 aromatic heterocycles. The maximum atomic E-state index is 4.47. The van der Waals surface area contributed by atoms with E-state index in [4.69, 9.17) is 0 Å². The Kier molecular flexibility index (Phi) is 2.55. The molecule has 0 N–H and O–H groups in total. The van der Waals surface area contributed by atoms with Crippen molar-refractivity contribution in [2.24, 2.45) is 0 Å². The van der Waals surface area contributed by atoms with Crippen LogP contribution in [0.4, 0.5) is 0 Å². The van der Waals surface area contributed by atoms with Gasteiger partial charge in [-0.3, -0.25) is 9.88 Å². The van der Waals surface area contributed by atoms with Crippen molar-refractivity contribution in [2.75, 3.05) is 6.54 Å². The first-order chi connectivity index (χ1) is 6.68. The molecule has 76 valence electrons. The van der Waals surface area contributed by atoms with Crippen molar-refractivity contribution in [1.29, 1.82) is 0 Å². The number of hydrogen-bond donors (Lipinski definition) is 0. The second kappa shape index (κ2) is 3.70. The maximum Gasteiger partial charge on any atom is 0.0579 e. The van der Waals surface area contributed by atoms with Gasteiger partial charge >= 0.3 is 0 Å². The standard InChI is InChI=1S/C12H18N2/c1-9(2)14-7-5-11-10(3)4-6-13-12(11)8-14/h4,6,9H,5,7-8H2,1-3H3. The average Bonchev–Trinajstić information content (AvgIpc) is 2.17. The monoisotopic (exact) mass is 190 g/mol. The number of aromatic nitrogens is 1. The van der Waals surface area contributed by atoms with Crippen molar-refractivity contribution >= 4 is 0 Å². The van der Waals surface area contributed by atoms with Gasteiger partial charge in [-0.05, 0) is 44.4 Å². The molecule has 2 nitrogen and oxygen atoms in total. The van der Waals surface area contributed by atoms with Crippen molar-refractivity contribution < 1.29 is 0 Å². The van der Waals surface area contributed by atoms with Gasteiger partial charge in [-0.2, -0.15) is 0 Å². The van der Waals surface area contributed by atoms with E-state index in [1.165, 1.54) is 23.4 Å². The van der Waals surface area contributed by atoms with Crippen molar-refractivity contribution in [2.45, 2.75) is 39.8 Å². The third kappa shape index (κ3) is 1.67. The Balaban J connectivity index is 2.27. The van der Waals surface area contributed by atoms with Gasteiger partial charge in [-0.25, -0.2) is 0 Å². The Bertz CT molecular complexity index is 331. The molecule has 0 amide bonds. The van der Waals surface area contributed by atoms with Gasteiger partial charge in [0.1, 0.15) is 0 Å². The van der Waals surface area contributed by atoms with E-state index in [0.717, 1.165) is 13.0 Å². The SMILES string of the molecule is Cc1ccnc2c1CCN(C(C)C)C2. The minimum absolute atomic E-state index is 0.630. The smallest absolute Gasteiger partial charge is 0.0579 e. The zero-order valence-electron chi connectivity index (χ0n) is 9.25. The zero-order valence-corrected chi connectivity index (χ0v) is 9.25. The van der Waals surface area contributed by atoms with Gasteiger partial charge in [0, 0.05) is 25.3 Å². The predicted molar refractivity (Wildman–Crippen MR) is 58.2 cm³/mol. The topological polar surface area (TPSA) is 16.1 Å². The molecule has 0 aromatic carbocycles. The lowest BCUT2D eigenvalue weighted by Crippen LogP contribution is -2.36. The van der Waals surface area contributed by atoms with Crippen LogP contribution in [0.1, 0.15) is 30.7 Å². The molecular weight excluding hydrogens is 172 g/mol. The van der Waals surface area contributed by atoms with Crippen LogP contribution in [0, 0.1) is 6.92 Å². The molecule has 0 unspecified atom stereocenters. The average molecular weight is 190 g/mol. The summed E-state index contributed by atoms with van der Waals surface area (Å²) in [4.78, 5) is 6.95. The van der Waals surface area contributed by atoms with E-state index in [-0.39, 0.29) is 0 Å². The van der Waals surface area contributed by atoms with Crippen LogP contribution in [0.25, 0.3) is 0 Å². The number of aryl methyl sites for hydroxylation is 1. The van der Waals surface area contributed by atoms with Crippen molar-refractivity contribution in [3.8, 4) is 0 Å². The minimum atomic E-state index is 0.630. The lowest BCUT2D eigenvalue weighted by Gasteiger charge is -2.31. The van der Waals surface area contributed by atoms with E-state index in [1.807, 2.05) is 6.20 Å². The first-order valence-electron chi connectivity index (χ1n) is 5.36. The molecule has 0 aliphatic carbocycles. The van der Waals surface area contributed by atoms with E-state index in [0.29, 0.717) is 6.04 Å². The van der Waals surface area contributed by atoms with E-state index < -0.39 is 0 Å². The first kappa shape index (κ1) is 9.66. The number of pyridine rings is 1. The van der Waals surface area contributed by atoms with Gasteiger partial charge in [0.15, 0.2) is 0 Å². The summed E-state index contributed by atoms with van der Waals surface area (Å²) in [5, 5.41) is 0. The van der Waals surface area contributed by atoms with Crippen LogP contribution in [0.2, 0.25) is 0 Å². The quantitative estimate of drug-likeness (QED) is 0.674. The maximum absolute atomic E-state index is 4.47. The fourth-order valence-corrected chi connectivity index (χ4v) is 2.09. The molecule has 0 saturated heterocycles. The lowest BCUT2D eigenvalue weighted by molar-refractivity contribution is 0.200. The van der Waals surface area contributed by atoms with Crippen molar-refractivity contribution in [1.82, 2.24) is 9.88 Å². The highest BCUT2D eigenvalue weighted by Crippen LogP contribution is 2.20. The Morgan fingerprint density at radius 2 is 2.21 bits per heavy atom. The molecule has 0 saturated carbocycles. The Morgan fingerprint density at radius 1 is 1.43 bits per heavy atom. The van der Waals surface area contributed by atoms with Gasteiger partial charge < -0.3 is 0 Å². The van der Waals surface area contributed by atoms with E-state index >= 15 is 0 Å². The second-order valence-electron chi connectivity index (χ2n) is 4.37. The number of hydrogen-bond acceptors (Lipinski definition) is 2. The molecule has 0 bridgehead atoms. The van der Waals surface area contributed by atoms with Crippen LogP contribution >= 0.6 is 0 Å². The van der Waals surface area contributed by atoms with Gasteiger partial charge in [0.25, 0.3) is 0 Å². The van der Waals surface area contributed by atoms with E-state index in [9.17, 15) is 0 Å². The summed E-state index contributed by atoms with van der Waals surface area (Å²) < 4.78 is 0. The normalized spacial score (nSPS) is 17.1. The molecule has 14 heavy (non-hydrogen) atoms. The summed E-state index contributed by atoms with van der Waals surface area (Å²) in [7, 11) is 0. The fourth-order valence-electron chi connectivity index (χ4n) is 2.09. The summed E-state index contributed by atoms with van der Waals surface area (Å²) in [5.41, 5.74) is 4.16. The van der Waals surface area contributed by atoms with Gasteiger partial charge in [-0.1, -0.05) is 0 Å². The molecule has 2 rings (SSSR count). The summed E-state index contributed by atoms with van der Waals surface area (Å²) in [6.07, 6.45) is 3.09. The summed E-state index contributed by atoms with van der Waals surface area (Å²) in [6, 6.07) is 2.75. The summed E-state index contributed by atoms with van der Waals surface area (Å²) >= 11 is 0. The van der Waals surface area contributed by atoms with Crippen molar-refractivity contribution in [3.05, 3.63) is 29.1 Å². The molecule has 1 aliphatic rings. The molecule has 2 heteroatoms. The van der Waals surface area contributed by atoms with Crippen LogP contribution in [0.15, 0.2) is 12.3 Å². The molecule has 1 aliphatic heterocycles. The van der Waals surface area contributed by atoms with Gasteiger partial charge in [0.2, 0.25) is 0 Å². The number of rotatable bonds is 1. The van der Waals surface area contributed by atoms with Crippen LogP contribution in [-0.4, -0.2) is 22.5 Å². The van der Waals surface area contributed by atoms with Crippen LogP contribution < -0.4 is 0 Å². The van der Waals surface area contributed by atoms with Crippen LogP contribution in [0.5, 0.6) is 0 Å². The van der Waals surface area contributed by atoms with Crippen LogP contribution in [-0.2, 0) is 13.0 Å². The third-order valence-electron chi connectivity index (χ3n) is 3.11. The molecule has 1 aromatic rings. The number of nitrogens with zero attached hydrogens (tertiary/aromatic N) is 2. The lowest BCUT2D eigenvalue weighted by atomic mass is 9.99. The highest BCUT2D eigenvalue weighted by atomic mass is 15.2. The highest BCUT2D eigenvalue weighted by molar-refractivity contribution is 5.30. The molecular formula is C12H18N2. The number of fused-ring (bicyclic) bond motifs is 1. The summed E-state index contributed by atoms with van der Waals surface area (Å²) in [6.45, 7) is 8.89. The predicted octanol–water partition coefficient (Wildman–Crippen LogP) is 2.16. The zero-order chi connectivity index (χ0) is 10.1. The Labute approximate surface area is 86.0 Å². The first-order valence-corrected chi connectivity index (χ1v) is 5.36. The fraction of sp³-hybridized carbons (Fsp3) is 0.583. The van der Waals surface area contributed by atoms with Crippen molar-refractivity contribution in [3.63, 3.8) is 0 Å². The second-order valence-corrected chi connectivity index (χ2v) is 4.37. The van der Waals surface area contributed by atoms with E-state index in [2.05, 4.69) is 36.7 Å². The highest BCUT2D eigenvalue weighted by Gasteiger charge is 2.19. The molecule has 0 atom stereocenters. The van der Waals surface area contributed by atoms with Gasteiger partial charge in [0.05, 0.1) is 5.69 Å². The van der Waals surface area contributed by atoms with Crippen LogP contribution in [0.3, 0.4) is 0 Å².